The van der Waals surface area contributed by atoms with Crippen molar-refractivity contribution in [3.8, 4) is 5.82 Å². The lowest BCUT2D eigenvalue weighted by molar-refractivity contribution is -0.116. The van der Waals surface area contributed by atoms with Gasteiger partial charge in [-0.05, 0) is 62.6 Å². The Kier molecular flexibility index (Phi) is 4.79. The highest BCUT2D eigenvalue weighted by molar-refractivity contribution is 5.90. The zero-order chi connectivity index (χ0) is 20.5. The van der Waals surface area contributed by atoms with Crippen LogP contribution >= 0.6 is 0 Å². The number of carbonyl (C=O) groups is 1. The quantitative estimate of drug-likeness (QED) is 0.563. The number of nitrogens with zero attached hydrogens (tertiary/aromatic N) is 6. The molecule has 0 atom stereocenters. The lowest BCUT2D eigenvalue weighted by atomic mass is 10.1. The summed E-state index contributed by atoms with van der Waals surface area (Å²) in [4.78, 5) is 12.3. The molecular formula is C20H20FN7O. The van der Waals surface area contributed by atoms with E-state index in [1.54, 1.807) is 28.3 Å². The summed E-state index contributed by atoms with van der Waals surface area (Å²) in [5, 5.41) is 19.5. The first-order chi connectivity index (χ1) is 13.9. The maximum Gasteiger partial charge on any atom is 0.224 e. The van der Waals surface area contributed by atoms with Gasteiger partial charge in [0, 0.05) is 17.8 Å². The van der Waals surface area contributed by atoms with Gasteiger partial charge in [-0.3, -0.25) is 4.79 Å². The highest BCUT2D eigenvalue weighted by Gasteiger charge is 2.16. The second-order valence-corrected chi connectivity index (χ2v) is 6.90. The van der Waals surface area contributed by atoms with Gasteiger partial charge in [0.1, 0.15) is 12.1 Å². The molecule has 0 saturated carbocycles. The van der Waals surface area contributed by atoms with Crippen molar-refractivity contribution in [3.05, 3.63) is 65.0 Å². The van der Waals surface area contributed by atoms with E-state index in [0.29, 0.717) is 29.1 Å². The number of aryl methyl sites for hydroxylation is 2. The van der Waals surface area contributed by atoms with Crippen molar-refractivity contribution >= 4 is 17.2 Å². The van der Waals surface area contributed by atoms with E-state index in [-0.39, 0.29) is 18.1 Å². The SMILES string of the molecule is Cc1ccc(NC(=O)CCc2c(C)nn(-c3ccc4nncn4n3)c2C)cc1F. The van der Waals surface area contributed by atoms with Crippen molar-refractivity contribution < 1.29 is 9.18 Å². The normalized spacial score (nSPS) is 11.2. The van der Waals surface area contributed by atoms with Crippen molar-refractivity contribution in [2.24, 2.45) is 0 Å². The summed E-state index contributed by atoms with van der Waals surface area (Å²) in [5.41, 5.74) is 4.38. The summed E-state index contributed by atoms with van der Waals surface area (Å²) in [7, 11) is 0. The van der Waals surface area contributed by atoms with Crippen molar-refractivity contribution in [1.82, 2.24) is 29.6 Å². The standard InChI is InChI=1S/C20H20FN7O/c1-12-4-5-15(10-17(12)21)23-20(29)9-6-16-13(2)25-28(14(16)3)19-8-7-18-24-22-11-27(18)26-19/h4-5,7-8,10-11H,6,9H2,1-3H3,(H,23,29). The fourth-order valence-corrected chi connectivity index (χ4v) is 3.22. The van der Waals surface area contributed by atoms with Gasteiger partial charge in [-0.1, -0.05) is 6.07 Å². The number of nitrogens with one attached hydrogen (secondary N) is 1. The van der Waals surface area contributed by atoms with Crippen LogP contribution in [0.3, 0.4) is 0 Å². The van der Waals surface area contributed by atoms with Crippen LogP contribution in [0.1, 0.15) is 28.9 Å². The summed E-state index contributed by atoms with van der Waals surface area (Å²) >= 11 is 0. The van der Waals surface area contributed by atoms with Crippen LogP contribution < -0.4 is 5.32 Å². The molecule has 1 amide bonds. The number of aromatic nitrogens is 6. The molecule has 0 spiro atoms. The Bertz CT molecular complexity index is 1210. The molecule has 0 saturated heterocycles. The number of anilines is 1. The molecule has 0 aliphatic carbocycles. The molecule has 0 fully saturated rings. The van der Waals surface area contributed by atoms with Gasteiger partial charge in [-0.25, -0.2) is 9.07 Å². The van der Waals surface area contributed by atoms with E-state index in [4.69, 9.17) is 0 Å². The molecule has 1 aromatic carbocycles. The number of fused-ring (bicyclic) bond motifs is 1. The molecule has 0 bridgehead atoms. The largest absolute Gasteiger partial charge is 0.326 e. The lowest BCUT2D eigenvalue weighted by Crippen LogP contribution is -2.13. The molecule has 9 heteroatoms. The van der Waals surface area contributed by atoms with Gasteiger partial charge in [0.2, 0.25) is 5.91 Å². The van der Waals surface area contributed by atoms with Crippen LogP contribution in [0, 0.1) is 26.6 Å². The third kappa shape index (κ3) is 3.71. The lowest BCUT2D eigenvalue weighted by Gasteiger charge is -2.07. The molecule has 29 heavy (non-hydrogen) atoms. The van der Waals surface area contributed by atoms with E-state index in [1.165, 1.54) is 12.4 Å². The van der Waals surface area contributed by atoms with Crippen molar-refractivity contribution in [2.75, 3.05) is 5.32 Å². The zero-order valence-corrected chi connectivity index (χ0v) is 16.3. The molecule has 0 aliphatic heterocycles. The maximum absolute atomic E-state index is 13.6. The Morgan fingerprint density at radius 2 is 1.97 bits per heavy atom. The minimum absolute atomic E-state index is 0.177. The van der Waals surface area contributed by atoms with Crippen molar-refractivity contribution in [1.29, 1.82) is 0 Å². The molecule has 8 nitrogen and oxygen atoms in total. The maximum atomic E-state index is 13.6. The molecule has 0 unspecified atom stereocenters. The fourth-order valence-electron chi connectivity index (χ4n) is 3.22. The molecular weight excluding hydrogens is 373 g/mol. The molecule has 3 aromatic heterocycles. The Morgan fingerprint density at radius 3 is 2.76 bits per heavy atom. The minimum atomic E-state index is -0.340. The van der Waals surface area contributed by atoms with E-state index in [0.717, 1.165) is 17.0 Å². The molecule has 3 heterocycles. The number of hydrogen-bond acceptors (Lipinski definition) is 5. The first-order valence-corrected chi connectivity index (χ1v) is 9.21. The molecule has 0 radical (unpaired) electrons. The van der Waals surface area contributed by atoms with Gasteiger partial charge in [0.15, 0.2) is 11.5 Å². The number of amides is 1. The topological polar surface area (TPSA) is 90.0 Å². The molecule has 4 rings (SSSR count). The Hall–Kier alpha value is -3.62. The van der Waals surface area contributed by atoms with Crippen LogP contribution in [-0.4, -0.2) is 35.5 Å². The first kappa shape index (κ1) is 18.7. The Labute approximate surface area is 166 Å². The van der Waals surface area contributed by atoms with Gasteiger partial charge in [0.05, 0.1) is 5.69 Å². The monoisotopic (exact) mass is 393 g/mol. The molecule has 4 aromatic rings. The van der Waals surface area contributed by atoms with E-state index in [9.17, 15) is 9.18 Å². The van der Waals surface area contributed by atoms with Gasteiger partial charge in [-0.15, -0.1) is 15.3 Å². The van der Waals surface area contributed by atoms with Crippen LogP contribution in [0.2, 0.25) is 0 Å². The van der Waals surface area contributed by atoms with Gasteiger partial charge in [-0.2, -0.15) is 9.61 Å². The summed E-state index contributed by atoms with van der Waals surface area (Å²) < 4.78 is 17.0. The second kappa shape index (κ2) is 7.42. The number of hydrogen-bond donors (Lipinski definition) is 1. The number of benzene rings is 1. The smallest absolute Gasteiger partial charge is 0.224 e. The summed E-state index contributed by atoms with van der Waals surface area (Å²) in [6.07, 6.45) is 2.32. The minimum Gasteiger partial charge on any atom is -0.326 e. The Morgan fingerprint density at radius 1 is 1.14 bits per heavy atom. The number of rotatable bonds is 5. The highest BCUT2D eigenvalue weighted by Crippen LogP contribution is 2.19. The van der Waals surface area contributed by atoms with Crippen LogP contribution in [0.15, 0.2) is 36.7 Å². The third-order valence-electron chi connectivity index (χ3n) is 4.86. The molecule has 0 aliphatic rings. The van der Waals surface area contributed by atoms with Gasteiger partial charge >= 0.3 is 0 Å². The second-order valence-electron chi connectivity index (χ2n) is 6.90. The van der Waals surface area contributed by atoms with Crippen molar-refractivity contribution in [3.63, 3.8) is 0 Å². The average Bonchev–Trinajstić information content (AvgIpc) is 3.27. The van der Waals surface area contributed by atoms with Crippen LogP contribution in [0.5, 0.6) is 0 Å². The molecule has 148 valence electrons. The fraction of sp³-hybridized carbons (Fsp3) is 0.250. The van der Waals surface area contributed by atoms with Gasteiger partial charge in [0.25, 0.3) is 0 Å². The average molecular weight is 393 g/mol. The first-order valence-electron chi connectivity index (χ1n) is 9.21. The van der Waals surface area contributed by atoms with Crippen LogP contribution in [-0.2, 0) is 11.2 Å². The number of halogens is 1. The van der Waals surface area contributed by atoms with E-state index < -0.39 is 0 Å². The van der Waals surface area contributed by atoms with E-state index in [2.05, 4.69) is 25.7 Å². The third-order valence-corrected chi connectivity index (χ3v) is 4.86. The van der Waals surface area contributed by atoms with E-state index in [1.807, 2.05) is 26.0 Å². The van der Waals surface area contributed by atoms with E-state index >= 15 is 0 Å². The van der Waals surface area contributed by atoms with Crippen molar-refractivity contribution in [2.45, 2.75) is 33.6 Å². The summed E-state index contributed by atoms with van der Waals surface area (Å²) in [6.45, 7) is 5.53. The number of carbonyl (C=O) groups excluding carboxylic acids is 1. The van der Waals surface area contributed by atoms with Crippen LogP contribution in [0.25, 0.3) is 11.5 Å². The van der Waals surface area contributed by atoms with Crippen LogP contribution in [0.4, 0.5) is 10.1 Å². The Balaban J connectivity index is 1.49. The van der Waals surface area contributed by atoms with Gasteiger partial charge < -0.3 is 5.32 Å². The summed E-state index contributed by atoms with van der Waals surface area (Å²) in [5.74, 6) is 0.126. The highest BCUT2D eigenvalue weighted by atomic mass is 19.1. The summed E-state index contributed by atoms with van der Waals surface area (Å²) in [6, 6.07) is 8.31. The predicted molar refractivity (Wildman–Crippen MR) is 105 cm³/mol. The molecule has 1 N–H and O–H groups in total. The zero-order valence-electron chi connectivity index (χ0n) is 16.3. The predicted octanol–water partition coefficient (Wildman–Crippen LogP) is 2.95.